The second-order valence-corrected chi connectivity index (χ2v) is 5.77. The van der Waals surface area contributed by atoms with E-state index in [-0.39, 0.29) is 11.9 Å². The number of anilines is 1. The van der Waals surface area contributed by atoms with Crippen LogP contribution < -0.4 is 5.32 Å². The highest BCUT2D eigenvalue weighted by molar-refractivity contribution is 5.87. The third kappa shape index (κ3) is 2.94. The van der Waals surface area contributed by atoms with Crippen molar-refractivity contribution in [2.45, 2.75) is 13.0 Å². The minimum absolute atomic E-state index is 0.0804. The van der Waals surface area contributed by atoms with Crippen LogP contribution in [0.1, 0.15) is 18.5 Å². The van der Waals surface area contributed by atoms with Gasteiger partial charge in [0.15, 0.2) is 5.65 Å². The van der Waals surface area contributed by atoms with Crippen molar-refractivity contribution in [2.75, 3.05) is 5.32 Å². The second-order valence-electron chi connectivity index (χ2n) is 5.77. The molecule has 6 heteroatoms. The van der Waals surface area contributed by atoms with Gasteiger partial charge >= 0.3 is 0 Å². The molecule has 0 aliphatic carbocycles. The Balaban J connectivity index is 1.72. The molecule has 1 atom stereocenters. The van der Waals surface area contributed by atoms with Crippen molar-refractivity contribution in [1.29, 1.82) is 0 Å². The van der Waals surface area contributed by atoms with Crippen molar-refractivity contribution in [3.05, 3.63) is 78.5 Å². The molecule has 5 nitrogen and oxygen atoms in total. The van der Waals surface area contributed by atoms with Gasteiger partial charge in [0.1, 0.15) is 18.0 Å². The highest BCUT2D eigenvalue weighted by atomic mass is 19.1. The number of rotatable bonds is 4. The molecule has 0 spiro atoms. The Bertz CT molecular complexity index is 1010. The van der Waals surface area contributed by atoms with Crippen LogP contribution in [0, 0.1) is 5.82 Å². The summed E-state index contributed by atoms with van der Waals surface area (Å²) in [5.41, 5.74) is 2.41. The van der Waals surface area contributed by atoms with Crippen LogP contribution in [-0.4, -0.2) is 19.7 Å². The molecule has 2 heterocycles. The second kappa shape index (κ2) is 6.32. The van der Waals surface area contributed by atoms with Gasteiger partial charge < -0.3 is 5.32 Å². The predicted molar refractivity (Wildman–Crippen MR) is 95.1 cm³/mol. The summed E-state index contributed by atoms with van der Waals surface area (Å²) in [6, 6.07) is 16.5. The molecular weight excluding hydrogens is 317 g/mol. The number of nitrogens with one attached hydrogen (secondary N) is 1. The van der Waals surface area contributed by atoms with Crippen LogP contribution in [0.3, 0.4) is 0 Å². The lowest BCUT2D eigenvalue weighted by atomic mass is 10.1. The van der Waals surface area contributed by atoms with E-state index in [0.29, 0.717) is 17.2 Å². The Morgan fingerprint density at radius 3 is 2.68 bits per heavy atom. The Morgan fingerprint density at radius 2 is 1.88 bits per heavy atom. The maximum absolute atomic E-state index is 13.5. The summed E-state index contributed by atoms with van der Waals surface area (Å²) in [7, 11) is 0. The van der Waals surface area contributed by atoms with Crippen LogP contribution in [0.15, 0.2) is 67.1 Å². The van der Waals surface area contributed by atoms with Crippen molar-refractivity contribution >= 4 is 16.9 Å². The van der Waals surface area contributed by atoms with E-state index in [2.05, 4.69) is 39.4 Å². The molecule has 0 saturated heterocycles. The molecule has 1 unspecified atom stereocenters. The number of hydrogen-bond acceptors (Lipinski definition) is 4. The summed E-state index contributed by atoms with van der Waals surface area (Å²) < 4.78 is 15.1. The molecular formula is C19H16FN5. The highest BCUT2D eigenvalue weighted by Crippen LogP contribution is 2.25. The quantitative estimate of drug-likeness (QED) is 0.610. The average Bonchev–Trinajstić information content (AvgIpc) is 3.07. The van der Waals surface area contributed by atoms with Crippen LogP contribution in [0.5, 0.6) is 0 Å². The van der Waals surface area contributed by atoms with E-state index >= 15 is 0 Å². The normalized spacial score (nSPS) is 12.2. The van der Waals surface area contributed by atoms with E-state index in [0.717, 1.165) is 10.9 Å². The molecule has 1 N–H and O–H groups in total. The zero-order valence-electron chi connectivity index (χ0n) is 13.6. The van der Waals surface area contributed by atoms with Crippen molar-refractivity contribution < 1.29 is 4.39 Å². The fourth-order valence-corrected chi connectivity index (χ4v) is 2.79. The monoisotopic (exact) mass is 333 g/mol. The van der Waals surface area contributed by atoms with Gasteiger partial charge in [-0.1, -0.05) is 36.4 Å². The average molecular weight is 333 g/mol. The van der Waals surface area contributed by atoms with Gasteiger partial charge in [0, 0.05) is 6.04 Å². The zero-order chi connectivity index (χ0) is 17.2. The van der Waals surface area contributed by atoms with E-state index in [9.17, 15) is 4.39 Å². The van der Waals surface area contributed by atoms with Gasteiger partial charge in [0.05, 0.1) is 17.3 Å². The minimum atomic E-state index is -0.314. The Morgan fingerprint density at radius 1 is 1.04 bits per heavy atom. The lowest BCUT2D eigenvalue weighted by molar-refractivity contribution is 0.625. The first kappa shape index (κ1) is 15.3. The highest BCUT2D eigenvalue weighted by Gasteiger charge is 2.13. The fraction of sp³-hybridized carbons (Fsp3) is 0.105. The molecule has 0 aliphatic heterocycles. The first-order valence-electron chi connectivity index (χ1n) is 7.98. The smallest absolute Gasteiger partial charge is 0.168 e. The number of fused-ring (bicyclic) bond motifs is 1. The minimum Gasteiger partial charge on any atom is -0.363 e. The van der Waals surface area contributed by atoms with Crippen molar-refractivity contribution in [1.82, 2.24) is 19.7 Å². The van der Waals surface area contributed by atoms with Crippen LogP contribution in [0.2, 0.25) is 0 Å². The Hall–Kier alpha value is -3.28. The third-order valence-electron chi connectivity index (χ3n) is 4.07. The first-order chi connectivity index (χ1) is 12.2. The molecule has 0 saturated carbocycles. The molecule has 25 heavy (non-hydrogen) atoms. The Kier molecular flexibility index (Phi) is 3.85. The van der Waals surface area contributed by atoms with Crippen molar-refractivity contribution in [3.8, 4) is 5.69 Å². The van der Waals surface area contributed by atoms with Gasteiger partial charge in [-0.05, 0) is 30.7 Å². The molecule has 4 aromatic rings. The zero-order valence-corrected chi connectivity index (χ0v) is 13.6. The largest absolute Gasteiger partial charge is 0.363 e. The standard InChI is InChI=1S/C19H16FN5/c1-13(14-6-3-2-4-7-14)24-18-17-11-23-25(19(17)22-12-21-18)16-9-5-8-15(20)10-16/h2-13H,1H3,(H,21,22,24). The third-order valence-corrected chi connectivity index (χ3v) is 4.07. The van der Waals surface area contributed by atoms with E-state index in [1.807, 2.05) is 18.2 Å². The van der Waals surface area contributed by atoms with Gasteiger partial charge in [-0.25, -0.2) is 19.0 Å². The Labute approximate surface area is 144 Å². The van der Waals surface area contributed by atoms with Crippen LogP contribution >= 0.6 is 0 Å². The van der Waals surface area contributed by atoms with Crippen LogP contribution in [0.25, 0.3) is 16.7 Å². The molecule has 0 amide bonds. The van der Waals surface area contributed by atoms with Gasteiger partial charge in [-0.15, -0.1) is 0 Å². The topological polar surface area (TPSA) is 55.6 Å². The maximum atomic E-state index is 13.5. The first-order valence-corrected chi connectivity index (χ1v) is 7.98. The lowest BCUT2D eigenvalue weighted by Crippen LogP contribution is -2.08. The molecule has 2 aromatic heterocycles. The van der Waals surface area contributed by atoms with E-state index in [4.69, 9.17) is 0 Å². The van der Waals surface area contributed by atoms with Gasteiger partial charge in [-0.2, -0.15) is 5.10 Å². The summed E-state index contributed by atoms with van der Waals surface area (Å²) in [5.74, 6) is 0.385. The summed E-state index contributed by atoms with van der Waals surface area (Å²) in [6.07, 6.45) is 3.18. The molecule has 0 bridgehead atoms. The summed E-state index contributed by atoms with van der Waals surface area (Å²) in [6.45, 7) is 2.07. The van der Waals surface area contributed by atoms with Gasteiger partial charge in [-0.3, -0.25) is 0 Å². The number of halogens is 1. The van der Waals surface area contributed by atoms with Gasteiger partial charge in [0.25, 0.3) is 0 Å². The number of nitrogens with zero attached hydrogens (tertiary/aromatic N) is 4. The molecule has 0 aliphatic rings. The molecule has 0 radical (unpaired) electrons. The van der Waals surface area contributed by atoms with Crippen LogP contribution in [-0.2, 0) is 0 Å². The molecule has 2 aromatic carbocycles. The summed E-state index contributed by atoms with van der Waals surface area (Å²) >= 11 is 0. The van der Waals surface area contributed by atoms with E-state index in [1.165, 1.54) is 18.5 Å². The lowest BCUT2D eigenvalue weighted by Gasteiger charge is -2.15. The molecule has 4 rings (SSSR count). The fourth-order valence-electron chi connectivity index (χ4n) is 2.79. The summed E-state index contributed by atoms with van der Waals surface area (Å²) in [4.78, 5) is 8.66. The number of aromatic nitrogens is 4. The number of hydrogen-bond donors (Lipinski definition) is 1. The predicted octanol–water partition coefficient (Wildman–Crippen LogP) is 4.13. The van der Waals surface area contributed by atoms with Crippen molar-refractivity contribution in [2.24, 2.45) is 0 Å². The van der Waals surface area contributed by atoms with Crippen LogP contribution in [0.4, 0.5) is 10.2 Å². The van der Waals surface area contributed by atoms with E-state index < -0.39 is 0 Å². The summed E-state index contributed by atoms with van der Waals surface area (Å²) in [5, 5.41) is 8.54. The SMILES string of the molecule is CC(Nc1ncnc2c1cnn2-c1cccc(F)c1)c1ccccc1. The molecule has 124 valence electrons. The van der Waals surface area contributed by atoms with E-state index in [1.54, 1.807) is 23.0 Å². The maximum Gasteiger partial charge on any atom is 0.168 e. The number of benzene rings is 2. The molecule has 0 fully saturated rings. The van der Waals surface area contributed by atoms with Gasteiger partial charge in [0.2, 0.25) is 0 Å². The van der Waals surface area contributed by atoms with Crippen molar-refractivity contribution in [3.63, 3.8) is 0 Å².